The van der Waals surface area contributed by atoms with E-state index in [1.54, 1.807) is 0 Å². The van der Waals surface area contributed by atoms with Crippen LogP contribution in [0.3, 0.4) is 0 Å². The Kier molecular flexibility index (Phi) is 7.46. The standard InChI is InChI=1S/C17H31NO5S2/c18-13-14-9-11-17(24(14)21)12-10-15(25(17,22)23)7-5-3-1-2-4-6-8-16(19)20/h14-15H,1-13,18H2,(H,19,20). The molecule has 1 spiro atoms. The minimum atomic E-state index is -3.35. The summed E-state index contributed by atoms with van der Waals surface area (Å²) in [5.74, 6) is -0.749. The highest BCUT2D eigenvalue weighted by Crippen LogP contribution is 2.50. The number of carboxylic acid groups (broad SMARTS) is 1. The predicted octanol–water partition coefficient (Wildman–Crippen LogP) is 2.34. The van der Waals surface area contributed by atoms with Gasteiger partial charge in [0.15, 0.2) is 9.84 Å². The summed E-state index contributed by atoms with van der Waals surface area (Å²) in [5.41, 5.74) is 5.64. The smallest absolute Gasteiger partial charge is 0.303 e. The van der Waals surface area contributed by atoms with Gasteiger partial charge in [0.1, 0.15) is 4.08 Å². The van der Waals surface area contributed by atoms with E-state index in [1.165, 1.54) is 0 Å². The van der Waals surface area contributed by atoms with Gasteiger partial charge in [0.25, 0.3) is 0 Å². The molecule has 8 heteroatoms. The van der Waals surface area contributed by atoms with Crippen LogP contribution in [0.4, 0.5) is 0 Å². The second kappa shape index (κ2) is 8.95. The van der Waals surface area contributed by atoms with Crippen molar-refractivity contribution >= 4 is 26.6 Å². The van der Waals surface area contributed by atoms with Crippen molar-refractivity contribution in [1.82, 2.24) is 0 Å². The van der Waals surface area contributed by atoms with Gasteiger partial charge in [0, 0.05) is 29.0 Å². The van der Waals surface area contributed by atoms with Crippen LogP contribution in [0.15, 0.2) is 0 Å². The van der Waals surface area contributed by atoms with Crippen molar-refractivity contribution < 1.29 is 22.5 Å². The lowest BCUT2D eigenvalue weighted by molar-refractivity contribution is -0.137. The van der Waals surface area contributed by atoms with E-state index in [1.807, 2.05) is 0 Å². The lowest BCUT2D eigenvalue weighted by Crippen LogP contribution is -2.40. The molecule has 2 aliphatic rings. The van der Waals surface area contributed by atoms with Crippen LogP contribution in [0, 0.1) is 0 Å². The molecule has 0 aromatic heterocycles. The Balaban J connectivity index is 1.74. The average Bonchev–Trinajstić information content (AvgIpc) is 3.02. The molecular formula is C17H31NO5S2. The molecule has 0 saturated carbocycles. The molecule has 25 heavy (non-hydrogen) atoms. The average molecular weight is 394 g/mol. The maximum atomic E-state index is 13.0. The van der Waals surface area contributed by atoms with Crippen molar-refractivity contribution in [2.24, 2.45) is 5.73 Å². The van der Waals surface area contributed by atoms with E-state index in [0.717, 1.165) is 32.1 Å². The van der Waals surface area contributed by atoms with Crippen LogP contribution in [-0.2, 0) is 25.4 Å². The Morgan fingerprint density at radius 1 is 1.08 bits per heavy atom. The van der Waals surface area contributed by atoms with Crippen molar-refractivity contribution in [3.8, 4) is 0 Å². The zero-order valence-electron chi connectivity index (χ0n) is 14.8. The first-order valence-electron chi connectivity index (χ1n) is 9.41. The van der Waals surface area contributed by atoms with E-state index >= 15 is 0 Å². The third-order valence-electron chi connectivity index (χ3n) is 5.75. The fourth-order valence-corrected chi connectivity index (χ4v) is 10.0. The summed E-state index contributed by atoms with van der Waals surface area (Å²) in [6, 6.07) is 0. The minimum Gasteiger partial charge on any atom is -0.481 e. The van der Waals surface area contributed by atoms with E-state index in [4.69, 9.17) is 10.8 Å². The lowest BCUT2D eigenvalue weighted by atomic mass is 10.0. The van der Waals surface area contributed by atoms with E-state index in [-0.39, 0.29) is 16.9 Å². The third kappa shape index (κ3) is 4.45. The maximum Gasteiger partial charge on any atom is 0.303 e. The van der Waals surface area contributed by atoms with E-state index in [9.17, 15) is 17.4 Å². The monoisotopic (exact) mass is 393 g/mol. The van der Waals surface area contributed by atoms with Crippen LogP contribution < -0.4 is 5.73 Å². The molecule has 0 bridgehead atoms. The van der Waals surface area contributed by atoms with E-state index in [0.29, 0.717) is 45.1 Å². The number of nitrogens with two attached hydrogens (primary N) is 1. The summed E-state index contributed by atoms with van der Waals surface area (Å²) < 4.78 is 37.6. The van der Waals surface area contributed by atoms with Gasteiger partial charge in [0.05, 0.1) is 5.25 Å². The van der Waals surface area contributed by atoms with Crippen molar-refractivity contribution in [2.75, 3.05) is 6.54 Å². The fourth-order valence-electron chi connectivity index (χ4n) is 4.22. The Labute approximate surface area is 153 Å². The van der Waals surface area contributed by atoms with E-state index < -0.39 is 30.7 Å². The first-order chi connectivity index (χ1) is 11.8. The Morgan fingerprint density at radius 3 is 2.28 bits per heavy atom. The Morgan fingerprint density at radius 2 is 1.68 bits per heavy atom. The molecule has 146 valence electrons. The van der Waals surface area contributed by atoms with Gasteiger partial charge in [-0.05, 0) is 38.5 Å². The molecule has 2 heterocycles. The van der Waals surface area contributed by atoms with Crippen LogP contribution in [-0.4, -0.2) is 44.8 Å². The van der Waals surface area contributed by atoms with Crippen molar-refractivity contribution in [3.05, 3.63) is 0 Å². The topological polar surface area (TPSA) is 115 Å². The largest absolute Gasteiger partial charge is 0.481 e. The first kappa shape index (κ1) is 20.8. The molecule has 2 fully saturated rings. The summed E-state index contributed by atoms with van der Waals surface area (Å²) in [6.07, 6.45) is 8.67. The van der Waals surface area contributed by atoms with Crippen LogP contribution in [0.1, 0.15) is 77.0 Å². The first-order valence-corrected chi connectivity index (χ1v) is 12.2. The number of carboxylic acids is 1. The molecule has 0 amide bonds. The molecule has 4 unspecified atom stereocenters. The van der Waals surface area contributed by atoms with Gasteiger partial charge >= 0.3 is 5.97 Å². The predicted molar refractivity (Wildman–Crippen MR) is 99.5 cm³/mol. The molecule has 2 saturated heterocycles. The highest BCUT2D eigenvalue weighted by Gasteiger charge is 2.61. The quantitative estimate of drug-likeness (QED) is 0.551. The van der Waals surface area contributed by atoms with Crippen LogP contribution in [0.5, 0.6) is 0 Å². The molecule has 2 aliphatic heterocycles. The summed E-state index contributed by atoms with van der Waals surface area (Å²) in [6.45, 7) is 0.302. The Bertz CT molecular complexity index is 592. The summed E-state index contributed by atoms with van der Waals surface area (Å²) in [4.78, 5) is 10.4. The summed E-state index contributed by atoms with van der Waals surface area (Å²) in [7, 11) is -4.71. The SMILES string of the molecule is NCC1CCC2(CCC(CCCCCCCCC(=O)O)S2(=O)=O)S1=O. The molecule has 0 aromatic rings. The molecule has 0 radical (unpaired) electrons. The fraction of sp³-hybridized carbons (Fsp3) is 0.941. The number of rotatable bonds is 10. The number of hydrogen-bond acceptors (Lipinski definition) is 5. The normalized spacial score (nSPS) is 33.9. The van der Waals surface area contributed by atoms with Gasteiger partial charge in [-0.25, -0.2) is 8.42 Å². The van der Waals surface area contributed by atoms with Gasteiger partial charge in [-0.1, -0.05) is 32.1 Å². The minimum absolute atomic E-state index is 0.167. The third-order valence-corrected chi connectivity index (χ3v) is 11.9. The number of unbranched alkanes of at least 4 members (excludes halogenated alkanes) is 5. The number of sulfone groups is 1. The van der Waals surface area contributed by atoms with Gasteiger partial charge in [-0.15, -0.1) is 0 Å². The maximum absolute atomic E-state index is 13.0. The number of aliphatic carboxylic acids is 1. The molecule has 0 aliphatic carbocycles. The van der Waals surface area contributed by atoms with Gasteiger partial charge < -0.3 is 10.8 Å². The molecule has 2 rings (SSSR count). The molecule has 0 aromatic carbocycles. The lowest BCUT2D eigenvalue weighted by Gasteiger charge is -2.23. The van der Waals surface area contributed by atoms with Crippen molar-refractivity contribution in [2.45, 2.75) is 91.6 Å². The zero-order chi connectivity index (χ0) is 18.5. The zero-order valence-corrected chi connectivity index (χ0v) is 16.5. The molecular weight excluding hydrogens is 362 g/mol. The summed E-state index contributed by atoms with van der Waals surface area (Å²) >= 11 is 0. The summed E-state index contributed by atoms with van der Waals surface area (Å²) in [5, 5.41) is 8.06. The van der Waals surface area contributed by atoms with Crippen LogP contribution in [0.2, 0.25) is 0 Å². The highest BCUT2D eigenvalue weighted by atomic mass is 32.3. The highest BCUT2D eigenvalue weighted by molar-refractivity contribution is 8.08. The Hall–Kier alpha value is -0.470. The van der Waals surface area contributed by atoms with Gasteiger partial charge in [-0.2, -0.15) is 0 Å². The van der Waals surface area contributed by atoms with Crippen molar-refractivity contribution in [3.63, 3.8) is 0 Å². The van der Waals surface area contributed by atoms with Crippen LogP contribution in [0.25, 0.3) is 0 Å². The number of carbonyl (C=O) groups is 1. The van der Waals surface area contributed by atoms with Crippen molar-refractivity contribution in [1.29, 1.82) is 0 Å². The van der Waals surface area contributed by atoms with Crippen LogP contribution >= 0.6 is 0 Å². The molecule has 4 atom stereocenters. The molecule has 6 nitrogen and oxygen atoms in total. The van der Waals surface area contributed by atoms with E-state index in [2.05, 4.69) is 0 Å². The second-order valence-electron chi connectivity index (χ2n) is 7.36. The second-order valence-corrected chi connectivity index (χ2v) is 12.2. The number of hydrogen-bond donors (Lipinski definition) is 2. The van der Waals surface area contributed by atoms with Gasteiger partial charge in [0.2, 0.25) is 0 Å². The molecule has 3 N–H and O–H groups in total. The van der Waals surface area contributed by atoms with Gasteiger partial charge in [-0.3, -0.25) is 9.00 Å².